The van der Waals surface area contributed by atoms with Crippen LogP contribution in [0.15, 0.2) is 54.1 Å². The third-order valence-corrected chi connectivity index (χ3v) is 3.11. The summed E-state index contributed by atoms with van der Waals surface area (Å²) in [6.07, 6.45) is 1.41. The Morgan fingerprint density at radius 2 is 1.87 bits per heavy atom. The SMILES string of the molecule is Cc1cccc(NC(=O)C(C#N)=Cc2ccc(C(=O)O)cc2)c1. The topological polar surface area (TPSA) is 90.2 Å². The summed E-state index contributed by atoms with van der Waals surface area (Å²) in [6, 6.07) is 15.0. The van der Waals surface area contributed by atoms with Crippen LogP contribution in [0.25, 0.3) is 6.08 Å². The zero-order chi connectivity index (χ0) is 16.8. The van der Waals surface area contributed by atoms with Crippen LogP contribution >= 0.6 is 0 Å². The highest BCUT2D eigenvalue weighted by atomic mass is 16.4. The number of nitrogens with one attached hydrogen (secondary N) is 1. The second-order valence-electron chi connectivity index (χ2n) is 4.92. The molecule has 0 aromatic heterocycles. The summed E-state index contributed by atoms with van der Waals surface area (Å²) >= 11 is 0. The summed E-state index contributed by atoms with van der Waals surface area (Å²) in [5.41, 5.74) is 2.26. The summed E-state index contributed by atoms with van der Waals surface area (Å²) in [6.45, 7) is 1.90. The zero-order valence-corrected chi connectivity index (χ0v) is 12.4. The number of hydrogen-bond donors (Lipinski definition) is 2. The lowest BCUT2D eigenvalue weighted by Crippen LogP contribution is -2.13. The second kappa shape index (κ2) is 7.05. The Kier molecular flexibility index (Phi) is 4.90. The third kappa shape index (κ3) is 4.29. The van der Waals surface area contributed by atoms with Crippen molar-refractivity contribution in [1.29, 1.82) is 5.26 Å². The van der Waals surface area contributed by atoms with E-state index in [4.69, 9.17) is 10.4 Å². The molecule has 2 aromatic carbocycles. The lowest BCUT2D eigenvalue weighted by Gasteiger charge is -2.05. The van der Waals surface area contributed by atoms with E-state index in [0.717, 1.165) is 5.56 Å². The van der Waals surface area contributed by atoms with Crippen LogP contribution in [0.3, 0.4) is 0 Å². The van der Waals surface area contributed by atoms with Gasteiger partial charge in [0.25, 0.3) is 5.91 Å². The van der Waals surface area contributed by atoms with E-state index in [1.54, 1.807) is 24.3 Å². The first-order chi connectivity index (χ1) is 11.0. The number of carbonyl (C=O) groups excluding carboxylic acids is 1. The molecule has 0 saturated carbocycles. The van der Waals surface area contributed by atoms with E-state index in [1.165, 1.54) is 18.2 Å². The number of benzene rings is 2. The van der Waals surface area contributed by atoms with Crippen LogP contribution in [0.2, 0.25) is 0 Å². The van der Waals surface area contributed by atoms with Gasteiger partial charge >= 0.3 is 5.97 Å². The number of carboxylic acids is 1. The maximum atomic E-state index is 12.1. The largest absolute Gasteiger partial charge is 0.478 e. The number of aryl methyl sites for hydroxylation is 1. The van der Waals surface area contributed by atoms with E-state index in [-0.39, 0.29) is 11.1 Å². The molecule has 0 fully saturated rings. The summed E-state index contributed by atoms with van der Waals surface area (Å²) in [7, 11) is 0. The molecule has 5 nitrogen and oxygen atoms in total. The quantitative estimate of drug-likeness (QED) is 0.670. The molecule has 23 heavy (non-hydrogen) atoms. The lowest BCUT2D eigenvalue weighted by atomic mass is 10.1. The van der Waals surface area contributed by atoms with Crippen LogP contribution in [0.1, 0.15) is 21.5 Å². The molecule has 0 aliphatic heterocycles. The highest BCUT2D eigenvalue weighted by Crippen LogP contribution is 2.13. The van der Waals surface area contributed by atoms with Crippen molar-refractivity contribution in [3.8, 4) is 6.07 Å². The number of hydrogen-bond acceptors (Lipinski definition) is 3. The predicted molar refractivity (Wildman–Crippen MR) is 86.8 cm³/mol. The van der Waals surface area contributed by atoms with Crippen LogP contribution in [-0.4, -0.2) is 17.0 Å². The molecule has 0 bridgehead atoms. The fraction of sp³-hybridized carbons (Fsp3) is 0.0556. The Labute approximate surface area is 133 Å². The molecule has 1 amide bonds. The fourth-order valence-electron chi connectivity index (χ4n) is 1.96. The first-order valence-corrected chi connectivity index (χ1v) is 6.83. The van der Waals surface area contributed by atoms with Crippen LogP contribution in [-0.2, 0) is 4.79 Å². The number of anilines is 1. The molecule has 0 radical (unpaired) electrons. The van der Waals surface area contributed by atoms with E-state index in [0.29, 0.717) is 11.3 Å². The van der Waals surface area contributed by atoms with Crippen molar-refractivity contribution in [2.75, 3.05) is 5.32 Å². The van der Waals surface area contributed by atoms with Crippen molar-refractivity contribution in [1.82, 2.24) is 0 Å². The van der Waals surface area contributed by atoms with Gasteiger partial charge in [0.1, 0.15) is 11.6 Å². The van der Waals surface area contributed by atoms with Gasteiger partial charge in [0, 0.05) is 5.69 Å². The molecule has 0 spiro atoms. The minimum absolute atomic E-state index is 0.0606. The molecule has 0 saturated heterocycles. The first kappa shape index (κ1) is 16.0. The van der Waals surface area contributed by atoms with Gasteiger partial charge in [-0.05, 0) is 48.4 Å². The Bertz CT molecular complexity index is 815. The molecule has 114 valence electrons. The summed E-state index contributed by atoms with van der Waals surface area (Å²) in [4.78, 5) is 22.9. The van der Waals surface area contributed by atoms with Crippen molar-refractivity contribution in [2.24, 2.45) is 0 Å². The Balaban J connectivity index is 2.19. The lowest BCUT2D eigenvalue weighted by molar-refractivity contribution is -0.112. The van der Waals surface area contributed by atoms with Crippen molar-refractivity contribution < 1.29 is 14.7 Å². The van der Waals surface area contributed by atoms with Crippen LogP contribution in [0.5, 0.6) is 0 Å². The van der Waals surface area contributed by atoms with Crippen molar-refractivity contribution >= 4 is 23.6 Å². The number of rotatable bonds is 4. The van der Waals surface area contributed by atoms with Crippen LogP contribution < -0.4 is 5.32 Å². The minimum Gasteiger partial charge on any atom is -0.478 e. The van der Waals surface area contributed by atoms with Gasteiger partial charge in [0.15, 0.2) is 0 Å². The molecule has 2 N–H and O–H groups in total. The second-order valence-corrected chi connectivity index (χ2v) is 4.92. The summed E-state index contributed by atoms with van der Waals surface area (Å²) in [5, 5.41) is 20.7. The highest BCUT2D eigenvalue weighted by molar-refractivity contribution is 6.09. The van der Waals surface area contributed by atoms with Gasteiger partial charge in [-0.15, -0.1) is 0 Å². The molecule has 0 atom stereocenters. The number of nitrogens with zero attached hydrogens (tertiary/aromatic N) is 1. The van der Waals surface area contributed by atoms with Crippen molar-refractivity contribution in [2.45, 2.75) is 6.92 Å². The molecule has 0 aliphatic rings. The van der Waals surface area contributed by atoms with E-state index in [9.17, 15) is 9.59 Å². The first-order valence-electron chi connectivity index (χ1n) is 6.83. The molecule has 2 rings (SSSR count). The molecular formula is C18H14N2O3. The zero-order valence-electron chi connectivity index (χ0n) is 12.4. The number of carbonyl (C=O) groups is 2. The van der Waals surface area contributed by atoms with E-state index in [1.807, 2.05) is 25.1 Å². The van der Waals surface area contributed by atoms with Gasteiger partial charge < -0.3 is 10.4 Å². The minimum atomic E-state index is -1.03. The van der Waals surface area contributed by atoms with Gasteiger partial charge in [-0.3, -0.25) is 4.79 Å². The molecule has 0 unspecified atom stereocenters. The van der Waals surface area contributed by atoms with Gasteiger partial charge in [-0.1, -0.05) is 24.3 Å². The fourth-order valence-corrected chi connectivity index (χ4v) is 1.96. The maximum absolute atomic E-state index is 12.1. The molecular weight excluding hydrogens is 292 g/mol. The average molecular weight is 306 g/mol. The number of nitriles is 1. The van der Waals surface area contributed by atoms with Crippen molar-refractivity contribution in [3.05, 3.63) is 70.8 Å². The Morgan fingerprint density at radius 1 is 1.17 bits per heavy atom. The summed E-state index contributed by atoms with van der Waals surface area (Å²) < 4.78 is 0. The molecule has 0 aliphatic carbocycles. The predicted octanol–water partition coefficient (Wildman–Crippen LogP) is 3.24. The third-order valence-electron chi connectivity index (χ3n) is 3.11. The molecule has 2 aromatic rings. The average Bonchev–Trinajstić information content (AvgIpc) is 2.53. The number of amides is 1. The van der Waals surface area contributed by atoms with E-state index >= 15 is 0 Å². The standard InChI is InChI=1S/C18H14N2O3/c1-12-3-2-4-16(9-12)20-17(21)15(11-19)10-13-5-7-14(8-6-13)18(22)23/h2-10H,1H3,(H,20,21)(H,22,23). The van der Waals surface area contributed by atoms with Crippen LogP contribution in [0, 0.1) is 18.3 Å². The normalized spacial score (nSPS) is 10.7. The van der Waals surface area contributed by atoms with Crippen molar-refractivity contribution in [3.63, 3.8) is 0 Å². The number of aromatic carboxylic acids is 1. The van der Waals surface area contributed by atoms with E-state index < -0.39 is 11.9 Å². The smallest absolute Gasteiger partial charge is 0.335 e. The van der Waals surface area contributed by atoms with Gasteiger partial charge in [0.05, 0.1) is 5.56 Å². The Hall–Kier alpha value is -3.39. The van der Waals surface area contributed by atoms with Crippen LogP contribution in [0.4, 0.5) is 5.69 Å². The highest BCUT2D eigenvalue weighted by Gasteiger charge is 2.10. The monoisotopic (exact) mass is 306 g/mol. The van der Waals surface area contributed by atoms with Gasteiger partial charge in [-0.2, -0.15) is 5.26 Å². The maximum Gasteiger partial charge on any atom is 0.335 e. The van der Waals surface area contributed by atoms with E-state index in [2.05, 4.69) is 5.32 Å². The number of carboxylic acid groups (broad SMARTS) is 1. The Morgan fingerprint density at radius 3 is 2.43 bits per heavy atom. The summed E-state index contributed by atoms with van der Waals surface area (Å²) in [5.74, 6) is -1.54. The molecule has 5 heteroatoms. The molecule has 0 heterocycles. The van der Waals surface area contributed by atoms with Gasteiger partial charge in [-0.25, -0.2) is 4.79 Å². The van der Waals surface area contributed by atoms with Gasteiger partial charge in [0.2, 0.25) is 0 Å².